The van der Waals surface area contributed by atoms with Crippen LogP contribution in [0.15, 0.2) is 48.5 Å². The predicted molar refractivity (Wildman–Crippen MR) is 72.3 cm³/mol. The smallest absolute Gasteiger partial charge is 0.289 e. The molecule has 0 atom stereocenters. The number of benzene rings is 2. The maximum absolute atomic E-state index is 10.9. The Morgan fingerprint density at radius 1 is 1.16 bits per heavy atom. The largest absolute Gasteiger partial charge is 0.344 e. The summed E-state index contributed by atoms with van der Waals surface area (Å²) in [6.07, 6.45) is 0. The molecule has 0 aliphatic heterocycles. The van der Waals surface area contributed by atoms with Crippen LogP contribution in [0.2, 0.25) is 0 Å². The van der Waals surface area contributed by atoms with Crippen molar-refractivity contribution in [2.45, 2.75) is 0 Å². The number of nitro groups is 1. The molecule has 0 radical (unpaired) electrons. The van der Waals surface area contributed by atoms with Gasteiger partial charge in [-0.2, -0.15) is 5.26 Å². The SMILES string of the molecule is CN(c1ccccc1)c1ccc(C#N)c([N+](=O)[O-])c1. The van der Waals surface area contributed by atoms with Crippen LogP contribution in [0.25, 0.3) is 0 Å². The van der Waals surface area contributed by atoms with Gasteiger partial charge in [-0.3, -0.25) is 10.1 Å². The van der Waals surface area contributed by atoms with Crippen molar-refractivity contribution < 1.29 is 4.92 Å². The molecule has 0 spiro atoms. The third kappa shape index (κ3) is 2.53. The van der Waals surface area contributed by atoms with Crippen LogP contribution in [0, 0.1) is 21.4 Å². The van der Waals surface area contributed by atoms with E-state index >= 15 is 0 Å². The van der Waals surface area contributed by atoms with Gasteiger partial charge in [-0.05, 0) is 24.3 Å². The molecule has 0 N–H and O–H groups in total. The summed E-state index contributed by atoms with van der Waals surface area (Å²) >= 11 is 0. The zero-order valence-corrected chi connectivity index (χ0v) is 10.3. The number of nitrogens with zero attached hydrogens (tertiary/aromatic N) is 3. The van der Waals surface area contributed by atoms with E-state index in [4.69, 9.17) is 5.26 Å². The van der Waals surface area contributed by atoms with E-state index in [2.05, 4.69) is 0 Å². The fraction of sp³-hybridized carbons (Fsp3) is 0.0714. The van der Waals surface area contributed by atoms with E-state index in [-0.39, 0.29) is 11.3 Å². The highest BCUT2D eigenvalue weighted by molar-refractivity contribution is 5.67. The lowest BCUT2D eigenvalue weighted by molar-refractivity contribution is -0.385. The van der Waals surface area contributed by atoms with Gasteiger partial charge in [0.15, 0.2) is 0 Å². The number of nitriles is 1. The summed E-state index contributed by atoms with van der Waals surface area (Å²) in [5.74, 6) is 0. The average Bonchev–Trinajstić information content (AvgIpc) is 2.46. The highest BCUT2D eigenvalue weighted by Gasteiger charge is 2.16. The van der Waals surface area contributed by atoms with Gasteiger partial charge in [-0.1, -0.05) is 18.2 Å². The van der Waals surface area contributed by atoms with Crippen molar-refractivity contribution in [3.05, 3.63) is 64.2 Å². The molecule has 0 saturated heterocycles. The molecule has 0 unspecified atom stereocenters. The molecule has 0 amide bonds. The first-order valence-corrected chi connectivity index (χ1v) is 5.61. The van der Waals surface area contributed by atoms with Crippen LogP contribution in [0.3, 0.4) is 0 Å². The normalized spacial score (nSPS) is 9.68. The van der Waals surface area contributed by atoms with Crippen LogP contribution in [0.4, 0.5) is 17.1 Å². The molecule has 5 heteroatoms. The number of hydrogen-bond acceptors (Lipinski definition) is 4. The second-order valence-corrected chi connectivity index (χ2v) is 3.96. The predicted octanol–water partition coefficient (Wildman–Crippen LogP) is 3.23. The number of para-hydroxylation sites is 1. The Bertz CT molecular complexity index is 647. The highest BCUT2D eigenvalue weighted by Crippen LogP contribution is 2.28. The van der Waals surface area contributed by atoms with Crippen LogP contribution in [0.1, 0.15) is 5.56 Å². The quantitative estimate of drug-likeness (QED) is 0.622. The zero-order chi connectivity index (χ0) is 13.8. The van der Waals surface area contributed by atoms with E-state index in [0.717, 1.165) is 5.69 Å². The third-order valence-corrected chi connectivity index (χ3v) is 2.83. The molecule has 2 aromatic carbocycles. The van der Waals surface area contributed by atoms with Gasteiger partial charge in [0.05, 0.1) is 4.92 Å². The van der Waals surface area contributed by atoms with E-state index in [1.54, 1.807) is 6.07 Å². The van der Waals surface area contributed by atoms with Crippen LogP contribution >= 0.6 is 0 Å². The number of nitro benzene ring substituents is 1. The van der Waals surface area contributed by atoms with E-state index < -0.39 is 4.92 Å². The molecule has 94 valence electrons. The van der Waals surface area contributed by atoms with Gasteiger partial charge in [0.25, 0.3) is 5.69 Å². The Morgan fingerprint density at radius 3 is 2.42 bits per heavy atom. The number of rotatable bonds is 3. The van der Waals surface area contributed by atoms with Crippen LogP contribution in [-0.4, -0.2) is 12.0 Å². The van der Waals surface area contributed by atoms with Crippen molar-refractivity contribution in [2.75, 3.05) is 11.9 Å². The molecule has 5 nitrogen and oxygen atoms in total. The zero-order valence-electron chi connectivity index (χ0n) is 10.3. The monoisotopic (exact) mass is 253 g/mol. The summed E-state index contributed by atoms with van der Waals surface area (Å²) in [5, 5.41) is 19.8. The van der Waals surface area contributed by atoms with Gasteiger partial charge in [0.2, 0.25) is 0 Å². The molecule has 0 fully saturated rings. The Hall–Kier alpha value is -2.87. The van der Waals surface area contributed by atoms with Crippen molar-refractivity contribution in [2.24, 2.45) is 0 Å². The maximum Gasteiger partial charge on any atom is 0.289 e. The lowest BCUT2D eigenvalue weighted by Gasteiger charge is -2.19. The summed E-state index contributed by atoms with van der Waals surface area (Å²) in [4.78, 5) is 12.2. The Kier molecular flexibility index (Phi) is 3.44. The molecule has 0 aliphatic carbocycles. The molecule has 0 saturated carbocycles. The molecule has 0 heterocycles. The molecular formula is C14H11N3O2. The standard InChI is InChI=1S/C14H11N3O2/c1-16(12-5-3-2-4-6-12)13-8-7-11(10-15)14(9-13)17(18)19/h2-9H,1H3. The fourth-order valence-electron chi connectivity index (χ4n) is 1.77. The minimum absolute atomic E-state index is 0.0650. The summed E-state index contributed by atoms with van der Waals surface area (Å²) in [6.45, 7) is 0. The van der Waals surface area contributed by atoms with Gasteiger partial charge in [0.1, 0.15) is 11.6 Å². The summed E-state index contributed by atoms with van der Waals surface area (Å²) in [7, 11) is 1.82. The van der Waals surface area contributed by atoms with Crippen LogP contribution in [0.5, 0.6) is 0 Å². The topological polar surface area (TPSA) is 70.2 Å². The van der Waals surface area contributed by atoms with Crippen molar-refractivity contribution in [1.82, 2.24) is 0 Å². The third-order valence-electron chi connectivity index (χ3n) is 2.83. The first-order valence-electron chi connectivity index (χ1n) is 5.61. The maximum atomic E-state index is 10.9. The second-order valence-electron chi connectivity index (χ2n) is 3.96. The van der Waals surface area contributed by atoms with Gasteiger partial charge in [0, 0.05) is 24.5 Å². The molecule has 2 rings (SSSR count). The van der Waals surface area contributed by atoms with E-state index in [1.165, 1.54) is 12.1 Å². The van der Waals surface area contributed by atoms with Crippen molar-refractivity contribution >= 4 is 17.1 Å². The van der Waals surface area contributed by atoms with Gasteiger partial charge >= 0.3 is 0 Å². The molecule has 2 aromatic rings. The van der Waals surface area contributed by atoms with Gasteiger partial charge in [-0.25, -0.2) is 0 Å². The van der Waals surface area contributed by atoms with Gasteiger partial charge in [-0.15, -0.1) is 0 Å². The summed E-state index contributed by atoms with van der Waals surface area (Å²) in [5.41, 5.74) is 1.47. The van der Waals surface area contributed by atoms with Crippen LogP contribution < -0.4 is 4.90 Å². The van der Waals surface area contributed by atoms with Gasteiger partial charge < -0.3 is 4.90 Å². The Labute approximate surface area is 110 Å². The average molecular weight is 253 g/mol. The number of hydrogen-bond donors (Lipinski definition) is 0. The highest BCUT2D eigenvalue weighted by atomic mass is 16.6. The minimum atomic E-state index is -0.541. The minimum Gasteiger partial charge on any atom is -0.344 e. The first-order chi connectivity index (χ1) is 9.13. The summed E-state index contributed by atoms with van der Waals surface area (Å²) < 4.78 is 0. The van der Waals surface area contributed by atoms with Crippen molar-refractivity contribution in [1.29, 1.82) is 5.26 Å². The molecule has 19 heavy (non-hydrogen) atoms. The number of anilines is 2. The van der Waals surface area contributed by atoms with E-state index in [1.807, 2.05) is 48.3 Å². The molecule has 0 bridgehead atoms. The Balaban J connectivity index is 2.45. The first kappa shape index (κ1) is 12.6. The van der Waals surface area contributed by atoms with E-state index in [0.29, 0.717) is 5.69 Å². The molecule has 0 aromatic heterocycles. The molecule has 0 aliphatic rings. The fourth-order valence-corrected chi connectivity index (χ4v) is 1.77. The van der Waals surface area contributed by atoms with Crippen LogP contribution in [-0.2, 0) is 0 Å². The summed E-state index contributed by atoms with van der Waals surface area (Å²) in [6, 6.07) is 15.9. The lowest BCUT2D eigenvalue weighted by atomic mass is 10.1. The second kappa shape index (κ2) is 5.19. The Morgan fingerprint density at radius 2 is 1.84 bits per heavy atom. The molecular weight excluding hydrogens is 242 g/mol. The van der Waals surface area contributed by atoms with E-state index in [9.17, 15) is 10.1 Å². The van der Waals surface area contributed by atoms with Crippen molar-refractivity contribution in [3.63, 3.8) is 0 Å². The lowest BCUT2D eigenvalue weighted by Crippen LogP contribution is -2.09. The van der Waals surface area contributed by atoms with Crippen molar-refractivity contribution in [3.8, 4) is 6.07 Å².